The SMILES string of the molecule is NS(=O)(=O)CCNC(=O)C1CCCCC1C(F)(F)F. The van der Waals surface area contributed by atoms with Gasteiger partial charge in [0.05, 0.1) is 11.7 Å². The molecule has 0 heterocycles. The third-order valence-corrected chi connectivity index (χ3v) is 3.98. The Balaban J connectivity index is 2.58. The molecule has 1 amide bonds. The lowest BCUT2D eigenvalue weighted by atomic mass is 9.78. The van der Waals surface area contributed by atoms with Crippen molar-refractivity contribution in [3.05, 3.63) is 0 Å². The van der Waals surface area contributed by atoms with Gasteiger partial charge in [0.1, 0.15) is 0 Å². The lowest BCUT2D eigenvalue weighted by Gasteiger charge is -2.31. The number of sulfonamides is 1. The van der Waals surface area contributed by atoms with Gasteiger partial charge in [-0.1, -0.05) is 12.8 Å². The van der Waals surface area contributed by atoms with Crippen molar-refractivity contribution in [1.82, 2.24) is 5.32 Å². The summed E-state index contributed by atoms with van der Waals surface area (Å²) in [4.78, 5) is 11.7. The highest BCUT2D eigenvalue weighted by Crippen LogP contribution is 2.41. The molecule has 5 nitrogen and oxygen atoms in total. The molecule has 0 spiro atoms. The topological polar surface area (TPSA) is 89.3 Å². The highest BCUT2D eigenvalue weighted by atomic mass is 32.2. The van der Waals surface area contributed by atoms with Gasteiger partial charge in [-0.25, -0.2) is 13.6 Å². The Labute approximate surface area is 109 Å². The molecule has 2 unspecified atom stereocenters. The molecule has 0 aromatic rings. The summed E-state index contributed by atoms with van der Waals surface area (Å²) in [6.07, 6.45) is -3.27. The minimum Gasteiger partial charge on any atom is -0.355 e. The van der Waals surface area contributed by atoms with Crippen molar-refractivity contribution in [2.24, 2.45) is 17.0 Å². The first-order chi connectivity index (χ1) is 8.61. The Bertz CT molecular complexity index is 422. The number of carbonyl (C=O) groups excluding carboxylic acids is 1. The van der Waals surface area contributed by atoms with Gasteiger partial charge in [0.25, 0.3) is 0 Å². The molecule has 19 heavy (non-hydrogen) atoms. The second-order valence-electron chi connectivity index (χ2n) is 4.70. The standard InChI is InChI=1S/C10H17F3N2O3S/c11-10(12,13)8-4-2-1-3-7(8)9(16)15-5-6-19(14,17)18/h7-8H,1-6H2,(H,15,16)(H2,14,17,18). The summed E-state index contributed by atoms with van der Waals surface area (Å²) < 4.78 is 59.6. The molecule has 112 valence electrons. The van der Waals surface area contributed by atoms with Crippen LogP contribution in [0.2, 0.25) is 0 Å². The third kappa shape index (κ3) is 5.35. The maximum Gasteiger partial charge on any atom is 0.392 e. The number of alkyl halides is 3. The summed E-state index contributed by atoms with van der Waals surface area (Å²) in [5.41, 5.74) is 0. The van der Waals surface area contributed by atoms with Crippen molar-refractivity contribution >= 4 is 15.9 Å². The van der Waals surface area contributed by atoms with Gasteiger partial charge < -0.3 is 5.32 Å². The minimum atomic E-state index is -4.40. The van der Waals surface area contributed by atoms with E-state index in [1.807, 2.05) is 0 Å². The van der Waals surface area contributed by atoms with E-state index in [0.29, 0.717) is 12.8 Å². The first-order valence-corrected chi connectivity index (χ1v) is 7.67. The van der Waals surface area contributed by atoms with Crippen molar-refractivity contribution in [3.63, 3.8) is 0 Å². The van der Waals surface area contributed by atoms with E-state index in [0.717, 1.165) is 0 Å². The van der Waals surface area contributed by atoms with Crippen LogP contribution in [0.15, 0.2) is 0 Å². The predicted octanol–water partition coefficient (Wildman–Crippen LogP) is 0.760. The highest BCUT2D eigenvalue weighted by molar-refractivity contribution is 7.89. The molecule has 1 fully saturated rings. The van der Waals surface area contributed by atoms with Crippen LogP contribution in [0, 0.1) is 11.8 Å². The number of nitrogens with two attached hydrogens (primary N) is 1. The van der Waals surface area contributed by atoms with Crippen molar-refractivity contribution in [2.75, 3.05) is 12.3 Å². The molecule has 0 radical (unpaired) electrons. The van der Waals surface area contributed by atoms with Crippen LogP contribution in [0.5, 0.6) is 0 Å². The largest absolute Gasteiger partial charge is 0.392 e. The Morgan fingerprint density at radius 2 is 1.84 bits per heavy atom. The molecule has 1 aliphatic carbocycles. The predicted molar refractivity (Wildman–Crippen MR) is 62.5 cm³/mol. The normalized spacial score (nSPS) is 25.1. The van der Waals surface area contributed by atoms with E-state index in [1.165, 1.54) is 0 Å². The van der Waals surface area contributed by atoms with Gasteiger partial charge in [-0.05, 0) is 12.8 Å². The number of amides is 1. The zero-order valence-electron chi connectivity index (χ0n) is 10.2. The molecular formula is C10H17F3N2O3S. The minimum absolute atomic E-state index is 0.0588. The van der Waals surface area contributed by atoms with Crippen LogP contribution >= 0.6 is 0 Å². The first-order valence-electron chi connectivity index (χ1n) is 5.96. The Kier molecular flexibility index (Phi) is 5.19. The molecule has 0 aromatic carbocycles. The van der Waals surface area contributed by atoms with Gasteiger partial charge in [0.2, 0.25) is 15.9 Å². The molecule has 0 bridgehead atoms. The summed E-state index contributed by atoms with van der Waals surface area (Å²) in [6, 6.07) is 0. The summed E-state index contributed by atoms with van der Waals surface area (Å²) in [5.74, 6) is -4.00. The molecule has 0 aromatic heterocycles. The van der Waals surface area contributed by atoms with E-state index in [2.05, 4.69) is 5.32 Å². The fourth-order valence-electron chi connectivity index (χ4n) is 2.28. The van der Waals surface area contributed by atoms with Crippen LogP contribution in [-0.4, -0.2) is 32.8 Å². The van der Waals surface area contributed by atoms with Crippen molar-refractivity contribution < 1.29 is 26.4 Å². The molecule has 0 aliphatic heterocycles. The fraction of sp³-hybridized carbons (Fsp3) is 0.900. The van der Waals surface area contributed by atoms with Crippen molar-refractivity contribution in [3.8, 4) is 0 Å². The summed E-state index contributed by atoms with van der Waals surface area (Å²) in [5, 5.41) is 6.95. The summed E-state index contributed by atoms with van der Waals surface area (Å²) in [6.45, 7) is -0.265. The Morgan fingerprint density at radius 3 is 2.37 bits per heavy atom. The van der Waals surface area contributed by atoms with Crippen molar-refractivity contribution in [2.45, 2.75) is 31.9 Å². The van der Waals surface area contributed by atoms with Gasteiger partial charge in [-0.15, -0.1) is 0 Å². The highest BCUT2D eigenvalue weighted by Gasteiger charge is 2.47. The zero-order chi connectivity index (χ0) is 14.7. The monoisotopic (exact) mass is 302 g/mol. The van der Waals surface area contributed by atoms with Gasteiger partial charge >= 0.3 is 6.18 Å². The van der Waals surface area contributed by atoms with Gasteiger partial charge in [-0.2, -0.15) is 13.2 Å². The number of hydrogen-bond donors (Lipinski definition) is 2. The fourth-order valence-corrected chi connectivity index (χ4v) is 2.67. The first kappa shape index (κ1) is 16.2. The van der Waals surface area contributed by atoms with Gasteiger partial charge in [-0.3, -0.25) is 4.79 Å². The van der Waals surface area contributed by atoms with E-state index >= 15 is 0 Å². The number of primary sulfonamides is 1. The Morgan fingerprint density at radius 1 is 1.26 bits per heavy atom. The second-order valence-corrected chi connectivity index (χ2v) is 6.43. The smallest absolute Gasteiger partial charge is 0.355 e. The number of halogens is 3. The third-order valence-electron chi connectivity index (χ3n) is 3.21. The van der Waals surface area contributed by atoms with Gasteiger partial charge in [0.15, 0.2) is 0 Å². The molecule has 2 atom stereocenters. The number of carbonyl (C=O) groups is 1. The van der Waals surface area contributed by atoms with E-state index < -0.39 is 39.7 Å². The number of nitrogens with one attached hydrogen (secondary N) is 1. The summed E-state index contributed by atoms with van der Waals surface area (Å²) >= 11 is 0. The van der Waals surface area contributed by atoms with Crippen LogP contribution in [0.1, 0.15) is 25.7 Å². The van der Waals surface area contributed by atoms with Crippen LogP contribution in [0.25, 0.3) is 0 Å². The lowest BCUT2D eigenvalue weighted by Crippen LogP contribution is -2.43. The molecule has 1 saturated carbocycles. The van der Waals surface area contributed by atoms with E-state index in [9.17, 15) is 26.4 Å². The lowest BCUT2D eigenvalue weighted by molar-refractivity contribution is -0.198. The van der Waals surface area contributed by atoms with Crippen LogP contribution in [-0.2, 0) is 14.8 Å². The molecular weight excluding hydrogens is 285 g/mol. The maximum atomic E-state index is 12.8. The molecule has 1 aliphatic rings. The van der Waals surface area contributed by atoms with E-state index in [-0.39, 0.29) is 19.4 Å². The second kappa shape index (κ2) is 6.08. The van der Waals surface area contributed by atoms with Crippen LogP contribution in [0.3, 0.4) is 0 Å². The maximum absolute atomic E-state index is 12.8. The summed E-state index contributed by atoms with van der Waals surface area (Å²) in [7, 11) is -3.73. The Hall–Kier alpha value is -0.830. The number of rotatable bonds is 4. The average molecular weight is 302 g/mol. The van der Waals surface area contributed by atoms with E-state index in [1.54, 1.807) is 0 Å². The molecule has 1 rings (SSSR count). The van der Waals surface area contributed by atoms with E-state index in [4.69, 9.17) is 5.14 Å². The van der Waals surface area contributed by atoms with Crippen LogP contribution in [0.4, 0.5) is 13.2 Å². The van der Waals surface area contributed by atoms with Crippen LogP contribution < -0.4 is 10.5 Å². The zero-order valence-corrected chi connectivity index (χ0v) is 11.1. The molecule has 3 N–H and O–H groups in total. The van der Waals surface area contributed by atoms with Crippen molar-refractivity contribution in [1.29, 1.82) is 0 Å². The molecule has 0 saturated heterocycles. The average Bonchev–Trinajstić information content (AvgIpc) is 2.26. The number of hydrogen-bond acceptors (Lipinski definition) is 3. The van der Waals surface area contributed by atoms with Gasteiger partial charge in [0, 0.05) is 12.5 Å². The molecule has 9 heteroatoms. The quantitative estimate of drug-likeness (QED) is 0.803.